The molecular formula is C17H26N2. The molecule has 1 atom stereocenters. The number of nitrogens with one attached hydrogen (secondary N) is 1. The van der Waals surface area contributed by atoms with Crippen LogP contribution in [-0.2, 0) is 0 Å². The lowest BCUT2D eigenvalue weighted by molar-refractivity contribution is 0.593. The lowest BCUT2D eigenvalue weighted by atomic mass is 9.94. The van der Waals surface area contributed by atoms with E-state index in [1.807, 2.05) is 0 Å². The van der Waals surface area contributed by atoms with Gasteiger partial charge >= 0.3 is 0 Å². The first-order valence-electron chi connectivity index (χ1n) is 7.72. The number of aliphatic imine (C=N–C) groups is 1. The highest BCUT2D eigenvalue weighted by Gasteiger charge is 2.11. The van der Waals surface area contributed by atoms with Gasteiger partial charge in [-0.3, -0.25) is 4.99 Å². The van der Waals surface area contributed by atoms with E-state index in [2.05, 4.69) is 47.6 Å². The monoisotopic (exact) mass is 258 g/mol. The number of benzene rings is 1. The SMILES string of the molecule is CCCC(CNC1=NCCCCC1)c1ccccc1. The van der Waals surface area contributed by atoms with Crippen LogP contribution in [0.15, 0.2) is 35.3 Å². The molecule has 0 saturated carbocycles. The van der Waals surface area contributed by atoms with Gasteiger partial charge in [0, 0.05) is 25.4 Å². The van der Waals surface area contributed by atoms with E-state index >= 15 is 0 Å². The van der Waals surface area contributed by atoms with E-state index in [1.54, 1.807) is 0 Å². The Morgan fingerprint density at radius 2 is 2.00 bits per heavy atom. The second-order valence-electron chi connectivity index (χ2n) is 5.42. The molecule has 2 nitrogen and oxygen atoms in total. The van der Waals surface area contributed by atoms with Crippen molar-refractivity contribution >= 4 is 5.84 Å². The summed E-state index contributed by atoms with van der Waals surface area (Å²) < 4.78 is 0. The highest BCUT2D eigenvalue weighted by atomic mass is 15.0. The number of hydrogen-bond donors (Lipinski definition) is 1. The van der Waals surface area contributed by atoms with Gasteiger partial charge in [-0.05, 0) is 24.8 Å². The molecule has 1 aliphatic rings. The van der Waals surface area contributed by atoms with E-state index in [0.717, 1.165) is 19.5 Å². The van der Waals surface area contributed by atoms with Crippen molar-refractivity contribution in [3.63, 3.8) is 0 Å². The quantitative estimate of drug-likeness (QED) is 0.843. The van der Waals surface area contributed by atoms with Crippen molar-refractivity contribution < 1.29 is 0 Å². The topological polar surface area (TPSA) is 24.4 Å². The minimum atomic E-state index is 0.608. The average molecular weight is 258 g/mol. The van der Waals surface area contributed by atoms with Gasteiger partial charge in [0.2, 0.25) is 0 Å². The van der Waals surface area contributed by atoms with E-state index in [1.165, 1.54) is 43.5 Å². The third kappa shape index (κ3) is 4.70. The number of hydrogen-bond acceptors (Lipinski definition) is 2. The molecule has 1 aromatic rings. The Balaban J connectivity index is 1.91. The summed E-state index contributed by atoms with van der Waals surface area (Å²) in [5, 5.41) is 3.59. The molecule has 1 aliphatic heterocycles. The molecule has 104 valence electrons. The molecule has 0 aliphatic carbocycles. The van der Waals surface area contributed by atoms with Gasteiger partial charge in [-0.15, -0.1) is 0 Å². The molecule has 19 heavy (non-hydrogen) atoms. The Hall–Kier alpha value is -1.31. The first-order chi connectivity index (χ1) is 9.40. The minimum Gasteiger partial charge on any atom is -0.373 e. The van der Waals surface area contributed by atoms with E-state index in [9.17, 15) is 0 Å². The third-order valence-electron chi connectivity index (χ3n) is 3.83. The normalized spacial score (nSPS) is 17.4. The predicted octanol–water partition coefficient (Wildman–Crippen LogP) is 4.13. The highest BCUT2D eigenvalue weighted by molar-refractivity contribution is 5.82. The first kappa shape index (κ1) is 14.1. The lowest BCUT2D eigenvalue weighted by Gasteiger charge is -2.18. The van der Waals surface area contributed by atoms with Crippen LogP contribution < -0.4 is 5.32 Å². The third-order valence-corrected chi connectivity index (χ3v) is 3.83. The zero-order valence-electron chi connectivity index (χ0n) is 12.1. The molecule has 1 heterocycles. The van der Waals surface area contributed by atoms with Crippen molar-refractivity contribution in [2.24, 2.45) is 4.99 Å². The number of rotatable bonds is 5. The molecule has 0 spiro atoms. The lowest BCUT2D eigenvalue weighted by Crippen LogP contribution is -2.28. The molecule has 0 amide bonds. The fourth-order valence-corrected chi connectivity index (χ4v) is 2.72. The van der Waals surface area contributed by atoms with Gasteiger partial charge in [0.05, 0.1) is 5.84 Å². The Morgan fingerprint density at radius 1 is 1.16 bits per heavy atom. The van der Waals surface area contributed by atoms with Crippen LogP contribution in [0.25, 0.3) is 0 Å². The molecule has 0 radical (unpaired) electrons. The van der Waals surface area contributed by atoms with Crippen LogP contribution in [0.2, 0.25) is 0 Å². The summed E-state index contributed by atoms with van der Waals surface area (Å²) in [5.41, 5.74) is 1.45. The summed E-state index contributed by atoms with van der Waals surface area (Å²) >= 11 is 0. The maximum atomic E-state index is 4.65. The van der Waals surface area contributed by atoms with Crippen LogP contribution in [0.4, 0.5) is 0 Å². The second-order valence-corrected chi connectivity index (χ2v) is 5.42. The molecule has 1 aromatic carbocycles. The Morgan fingerprint density at radius 3 is 2.79 bits per heavy atom. The molecule has 2 rings (SSSR count). The Labute approximate surface area is 117 Å². The van der Waals surface area contributed by atoms with Gasteiger partial charge in [-0.25, -0.2) is 0 Å². The van der Waals surface area contributed by atoms with Crippen LogP contribution in [0.5, 0.6) is 0 Å². The van der Waals surface area contributed by atoms with Crippen LogP contribution in [0.3, 0.4) is 0 Å². The summed E-state index contributed by atoms with van der Waals surface area (Å²) in [7, 11) is 0. The van der Waals surface area contributed by atoms with Crippen LogP contribution in [0.1, 0.15) is 56.9 Å². The highest BCUT2D eigenvalue weighted by Crippen LogP contribution is 2.20. The summed E-state index contributed by atoms with van der Waals surface area (Å²) in [6, 6.07) is 10.9. The average Bonchev–Trinajstić information content (AvgIpc) is 2.73. The minimum absolute atomic E-state index is 0.608. The van der Waals surface area contributed by atoms with E-state index < -0.39 is 0 Å². The summed E-state index contributed by atoms with van der Waals surface area (Å²) in [4.78, 5) is 4.65. The maximum absolute atomic E-state index is 4.65. The molecule has 0 bridgehead atoms. The van der Waals surface area contributed by atoms with Crippen molar-refractivity contribution in [2.75, 3.05) is 13.1 Å². The number of amidine groups is 1. The van der Waals surface area contributed by atoms with E-state index in [0.29, 0.717) is 5.92 Å². The zero-order chi connectivity index (χ0) is 13.3. The standard InChI is InChI=1S/C17H26N2/c1-2-9-16(15-10-5-3-6-11-15)14-19-17-12-7-4-8-13-18-17/h3,5-6,10-11,16H,2,4,7-9,12-14H2,1H3,(H,18,19). The summed E-state index contributed by atoms with van der Waals surface area (Å²) in [6.45, 7) is 4.29. The van der Waals surface area contributed by atoms with Crippen molar-refractivity contribution in [1.29, 1.82) is 0 Å². The van der Waals surface area contributed by atoms with Crippen LogP contribution >= 0.6 is 0 Å². The Kier molecular flexibility index (Phi) is 5.93. The van der Waals surface area contributed by atoms with Crippen LogP contribution in [-0.4, -0.2) is 18.9 Å². The summed E-state index contributed by atoms with van der Waals surface area (Å²) in [6.07, 6.45) is 7.47. The van der Waals surface area contributed by atoms with Crippen molar-refractivity contribution in [3.8, 4) is 0 Å². The fraction of sp³-hybridized carbons (Fsp3) is 0.588. The van der Waals surface area contributed by atoms with Crippen molar-refractivity contribution in [1.82, 2.24) is 5.32 Å². The molecule has 0 saturated heterocycles. The van der Waals surface area contributed by atoms with Gasteiger partial charge < -0.3 is 5.32 Å². The largest absolute Gasteiger partial charge is 0.373 e. The molecule has 2 heteroatoms. The van der Waals surface area contributed by atoms with Gasteiger partial charge in [0.15, 0.2) is 0 Å². The maximum Gasteiger partial charge on any atom is 0.0963 e. The molecule has 1 N–H and O–H groups in total. The van der Waals surface area contributed by atoms with Crippen molar-refractivity contribution in [2.45, 2.75) is 51.4 Å². The van der Waals surface area contributed by atoms with Gasteiger partial charge in [0.25, 0.3) is 0 Å². The van der Waals surface area contributed by atoms with Gasteiger partial charge in [-0.1, -0.05) is 50.1 Å². The second kappa shape index (κ2) is 7.98. The number of nitrogens with zero attached hydrogens (tertiary/aromatic N) is 1. The van der Waals surface area contributed by atoms with Crippen molar-refractivity contribution in [3.05, 3.63) is 35.9 Å². The fourth-order valence-electron chi connectivity index (χ4n) is 2.72. The molecule has 1 unspecified atom stereocenters. The van der Waals surface area contributed by atoms with Gasteiger partial charge in [-0.2, -0.15) is 0 Å². The van der Waals surface area contributed by atoms with E-state index in [-0.39, 0.29) is 0 Å². The smallest absolute Gasteiger partial charge is 0.0963 e. The molecule has 0 aromatic heterocycles. The first-order valence-corrected chi connectivity index (χ1v) is 7.72. The zero-order valence-corrected chi connectivity index (χ0v) is 12.1. The molecule has 0 fully saturated rings. The molecular weight excluding hydrogens is 232 g/mol. The predicted molar refractivity (Wildman–Crippen MR) is 82.9 cm³/mol. The Bertz CT molecular complexity index is 384. The summed E-state index contributed by atoms with van der Waals surface area (Å²) in [5.74, 6) is 1.84. The van der Waals surface area contributed by atoms with E-state index in [4.69, 9.17) is 0 Å². The van der Waals surface area contributed by atoms with Gasteiger partial charge in [0.1, 0.15) is 0 Å². The van der Waals surface area contributed by atoms with Crippen LogP contribution in [0, 0.1) is 0 Å².